The van der Waals surface area contributed by atoms with E-state index in [9.17, 15) is 14.0 Å². The van der Waals surface area contributed by atoms with E-state index in [0.717, 1.165) is 18.4 Å². The van der Waals surface area contributed by atoms with Crippen LogP contribution >= 0.6 is 0 Å². The molecule has 1 aliphatic rings. The normalized spacial score (nSPS) is 14.3. The molecule has 3 aromatic rings. The molecule has 2 amide bonds. The van der Waals surface area contributed by atoms with E-state index < -0.39 is 5.91 Å². The number of benzene rings is 3. The highest BCUT2D eigenvalue weighted by molar-refractivity contribution is 5.94. The largest absolute Gasteiger partial charge is 0.457 e. The van der Waals surface area contributed by atoms with Gasteiger partial charge in [0.2, 0.25) is 5.91 Å². The molecule has 1 heterocycles. The van der Waals surface area contributed by atoms with Crippen LogP contribution in [0.3, 0.4) is 0 Å². The molecule has 0 unspecified atom stereocenters. The summed E-state index contributed by atoms with van der Waals surface area (Å²) in [6, 6.07) is 20.2. The molecule has 31 heavy (non-hydrogen) atoms. The van der Waals surface area contributed by atoms with Crippen LogP contribution < -0.4 is 10.5 Å². The number of nitrogens with two attached hydrogens (primary N) is 1. The summed E-state index contributed by atoms with van der Waals surface area (Å²) in [5.74, 6) is 0.796. The van der Waals surface area contributed by atoms with Gasteiger partial charge in [0.1, 0.15) is 17.3 Å². The lowest BCUT2D eigenvalue weighted by Crippen LogP contribution is -2.37. The smallest absolute Gasteiger partial charge is 0.253 e. The number of carbonyl (C=O) groups excluding carboxylic acids is 2. The first-order valence-electron chi connectivity index (χ1n) is 10.2. The highest BCUT2D eigenvalue weighted by atomic mass is 19.1. The van der Waals surface area contributed by atoms with Gasteiger partial charge in [0.05, 0.1) is 0 Å². The van der Waals surface area contributed by atoms with Crippen LogP contribution in [0.5, 0.6) is 11.5 Å². The summed E-state index contributed by atoms with van der Waals surface area (Å²) in [6.07, 6.45) is 1.72. The number of hydrogen-bond acceptors (Lipinski definition) is 3. The SMILES string of the molecule is NC(=O)c1ccc(Oc2ccc(C(=O)N3CCC(c4ccc(F)cc4)CC3)cc2)cc1. The zero-order valence-corrected chi connectivity index (χ0v) is 17.0. The van der Waals surface area contributed by atoms with Gasteiger partial charge in [0, 0.05) is 24.2 Å². The Hall–Kier alpha value is -3.67. The lowest BCUT2D eigenvalue weighted by Gasteiger charge is -2.32. The van der Waals surface area contributed by atoms with Crippen molar-refractivity contribution in [3.63, 3.8) is 0 Å². The molecule has 4 rings (SSSR count). The van der Waals surface area contributed by atoms with Gasteiger partial charge in [-0.2, -0.15) is 0 Å². The van der Waals surface area contributed by atoms with E-state index in [4.69, 9.17) is 10.5 Å². The fourth-order valence-electron chi connectivity index (χ4n) is 3.82. The number of rotatable bonds is 5. The number of hydrogen-bond donors (Lipinski definition) is 1. The Labute approximate surface area is 180 Å². The van der Waals surface area contributed by atoms with Crippen LogP contribution in [0.15, 0.2) is 72.8 Å². The molecule has 1 saturated heterocycles. The monoisotopic (exact) mass is 418 g/mol. The van der Waals surface area contributed by atoms with Gasteiger partial charge >= 0.3 is 0 Å². The summed E-state index contributed by atoms with van der Waals surface area (Å²) in [5, 5.41) is 0. The summed E-state index contributed by atoms with van der Waals surface area (Å²) in [6.45, 7) is 1.34. The zero-order valence-electron chi connectivity index (χ0n) is 17.0. The van der Waals surface area contributed by atoms with Crippen molar-refractivity contribution in [3.05, 3.63) is 95.3 Å². The average molecular weight is 418 g/mol. The number of amides is 2. The standard InChI is InChI=1S/C25H23FN2O3/c26-21-7-1-17(2-8-21)18-13-15-28(16-14-18)25(30)20-5-11-23(12-6-20)31-22-9-3-19(4-10-22)24(27)29/h1-12,18H,13-16H2,(H2,27,29). The second kappa shape index (κ2) is 9.00. The minimum atomic E-state index is -0.490. The van der Waals surface area contributed by atoms with Gasteiger partial charge in [0.25, 0.3) is 5.91 Å². The molecular weight excluding hydrogens is 395 g/mol. The van der Waals surface area contributed by atoms with Crippen LogP contribution in [-0.4, -0.2) is 29.8 Å². The number of nitrogens with zero attached hydrogens (tertiary/aromatic N) is 1. The molecule has 2 N–H and O–H groups in total. The fourth-order valence-corrected chi connectivity index (χ4v) is 3.82. The van der Waals surface area contributed by atoms with Gasteiger partial charge in [-0.15, -0.1) is 0 Å². The van der Waals surface area contributed by atoms with Crippen molar-refractivity contribution in [2.45, 2.75) is 18.8 Å². The van der Waals surface area contributed by atoms with Gasteiger partial charge < -0.3 is 15.4 Å². The maximum absolute atomic E-state index is 13.1. The summed E-state index contributed by atoms with van der Waals surface area (Å²) in [7, 11) is 0. The Morgan fingerprint density at radius 1 is 0.806 bits per heavy atom. The topological polar surface area (TPSA) is 72.6 Å². The van der Waals surface area contributed by atoms with Crippen molar-refractivity contribution in [2.24, 2.45) is 5.73 Å². The maximum Gasteiger partial charge on any atom is 0.253 e. The maximum atomic E-state index is 13.1. The first-order valence-corrected chi connectivity index (χ1v) is 10.2. The molecule has 0 radical (unpaired) electrons. The van der Waals surface area contributed by atoms with Gasteiger partial charge in [-0.1, -0.05) is 12.1 Å². The Balaban J connectivity index is 1.34. The second-order valence-electron chi connectivity index (χ2n) is 7.63. The van der Waals surface area contributed by atoms with Gasteiger partial charge in [-0.25, -0.2) is 4.39 Å². The average Bonchev–Trinajstić information content (AvgIpc) is 2.80. The number of piperidine rings is 1. The van der Waals surface area contributed by atoms with Crippen molar-refractivity contribution < 1.29 is 18.7 Å². The Morgan fingerprint density at radius 2 is 1.32 bits per heavy atom. The molecule has 0 bridgehead atoms. The molecule has 3 aromatic carbocycles. The minimum absolute atomic E-state index is 0.00471. The molecule has 0 atom stereocenters. The number of halogens is 1. The fraction of sp³-hybridized carbons (Fsp3) is 0.200. The second-order valence-corrected chi connectivity index (χ2v) is 7.63. The van der Waals surface area contributed by atoms with E-state index in [1.165, 1.54) is 12.1 Å². The predicted octanol–water partition coefficient (Wildman–Crippen LogP) is 4.74. The van der Waals surface area contributed by atoms with Crippen molar-refractivity contribution >= 4 is 11.8 Å². The van der Waals surface area contributed by atoms with Crippen molar-refractivity contribution in [3.8, 4) is 11.5 Å². The zero-order chi connectivity index (χ0) is 21.8. The molecular formula is C25H23FN2O3. The van der Waals surface area contributed by atoms with Crippen LogP contribution in [0.25, 0.3) is 0 Å². The molecule has 0 aromatic heterocycles. The van der Waals surface area contributed by atoms with Crippen LogP contribution in [0.1, 0.15) is 45.0 Å². The lowest BCUT2D eigenvalue weighted by molar-refractivity contribution is 0.0713. The molecule has 0 spiro atoms. The summed E-state index contributed by atoms with van der Waals surface area (Å²) >= 11 is 0. The minimum Gasteiger partial charge on any atom is -0.457 e. The van der Waals surface area contributed by atoms with Crippen molar-refractivity contribution in [1.82, 2.24) is 4.90 Å². The van der Waals surface area contributed by atoms with Crippen LogP contribution in [0.4, 0.5) is 4.39 Å². The molecule has 0 saturated carbocycles. The lowest BCUT2D eigenvalue weighted by atomic mass is 9.89. The van der Waals surface area contributed by atoms with E-state index >= 15 is 0 Å². The van der Waals surface area contributed by atoms with Crippen LogP contribution in [-0.2, 0) is 0 Å². The van der Waals surface area contributed by atoms with E-state index in [-0.39, 0.29) is 11.7 Å². The highest BCUT2D eigenvalue weighted by Crippen LogP contribution is 2.29. The van der Waals surface area contributed by atoms with Crippen molar-refractivity contribution in [1.29, 1.82) is 0 Å². The van der Waals surface area contributed by atoms with E-state index in [1.807, 2.05) is 17.0 Å². The van der Waals surface area contributed by atoms with E-state index in [1.54, 1.807) is 48.5 Å². The third-order valence-corrected chi connectivity index (χ3v) is 5.60. The van der Waals surface area contributed by atoms with Crippen LogP contribution in [0.2, 0.25) is 0 Å². The first kappa shape index (κ1) is 20.6. The van der Waals surface area contributed by atoms with Gasteiger partial charge in [-0.05, 0) is 85.0 Å². The predicted molar refractivity (Wildman–Crippen MR) is 116 cm³/mol. The van der Waals surface area contributed by atoms with E-state index in [2.05, 4.69) is 0 Å². The van der Waals surface area contributed by atoms with Gasteiger partial charge in [-0.3, -0.25) is 9.59 Å². The molecule has 0 aliphatic carbocycles. The molecule has 6 heteroatoms. The first-order chi connectivity index (χ1) is 15.0. The number of carbonyl (C=O) groups is 2. The molecule has 5 nitrogen and oxygen atoms in total. The van der Waals surface area contributed by atoms with Crippen LogP contribution in [0, 0.1) is 5.82 Å². The summed E-state index contributed by atoms with van der Waals surface area (Å²) in [5.41, 5.74) is 7.38. The van der Waals surface area contributed by atoms with E-state index in [0.29, 0.717) is 41.6 Å². The van der Waals surface area contributed by atoms with Gasteiger partial charge in [0.15, 0.2) is 0 Å². The molecule has 1 aliphatic heterocycles. The summed E-state index contributed by atoms with van der Waals surface area (Å²) in [4.78, 5) is 25.8. The quantitative estimate of drug-likeness (QED) is 0.651. The summed E-state index contributed by atoms with van der Waals surface area (Å²) < 4.78 is 18.9. The Kier molecular flexibility index (Phi) is 5.98. The van der Waals surface area contributed by atoms with Crippen molar-refractivity contribution in [2.75, 3.05) is 13.1 Å². The molecule has 1 fully saturated rings. The third kappa shape index (κ3) is 4.91. The Bertz CT molecular complexity index is 1060. The number of likely N-dealkylation sites (tertiary alicyclic amines) is 1. The third-order valence-electron chi connectivity index (χ3n) is 5.60. The number of primary amides is 1. The highest BCUT2D eigenvalue weighted by Gasteiger charge is 2.24. The Morgan fingerprint density at radius 3 is 1.84 bits per heavy atom. The molecule has 158 valence electrons. The number of ether oxygens (including phenoxy) is 1.